The average Bonchev–Trinajstić information content (AvgIpc) is 2.66. The maximum absolute atomic E-state index is 15.4. The lowest BCUT2D eigenvalue weighted by Crippen LogP contribution is -2.48. The van der Waals surface area contributed by atoms with Gasteiger partial charge in [0.05, 0.1) is 14.2 Å². The molecule has 0 N–H and O–H groups in total. The van der Waals surface area contributed by atoms with Crippen LogP contribution >= 0.6 is 11.6 Å². The first kappa shape index (κ1) is 21.2. The van der Waals surface area contributed by atoms with Crippen LogP contribution in [0.4, 0.5) is 13.2 Å². The van der Waals surface area contributed by atoms with Crippen molar-refractivity contribution >= 4 is 21.6 Å². The van der Waals surface area contributed by atoms with Crippen LogP contribution in [0, 0.1) is 0 Å². The van der Waals surface area contributed by atoms with Crippen molar-refractivity contribution in [1.82, 2.24) is 14.5 Å². The zero-order valence-corrected chi connectivity index (χ0v) is 15.9. The van der Waals surface area contributed by atoms with Gasteiger partial charge < -0.3 is 9.47 Å². The smallest absolute Gasteiger partial charge is 0.290 e. The molecule has 0 aliphatic rings. The maximum Gasteiger partial charge on any atom is 0.290 e. The summed E-state index contributed by atoms with van der Waals surface area (Å²) in [6.07, 6.45) is -3.71. The van der Waals surface area contributed by atoms with E-state index in [9.17, 15) is 17.2 Å². The number of hydrogen-bond donors (Lipinski definition) is 0. The van der Waals surface area contributed by atoms with E-state index in [0.29, 0.717) is 7.05 Å². The van der Waals surface area contributed by atoms with Crippen molar-refractivity contribution < 1.29 is 31.1 Å². The van der Waals surface area contributed by atoms with Gasteiger partial charge in [0.15, 0.2) is 4.90 Å². The predicted octanol–water partition coefficient (Wildman–Crippen LogP) is 2.86. The highest BCUT2D eigenvalue weighted by molar-refractivity contribution is 7.89. The van der Waals surface area contributed by atoms with Crippen molar-refractivity contribution in [2.24, 2.45) is 0 Å². The Labute approximate surface area is 158 Å². The van der Waals surface area contributed by atoms with Gasteiger partial charge in [0, 0.05) is 23.7 Å². The lowest BCUT2D eigenvalue weighted by atomic mass is 10.1. The van der Waals surface area contributed by atoms with Crippen LogP contribution < -0.4 is 9.47 Å². The number of benzene rings is 1. The van der Waals surface area contributed by atoms with Crippen molar-refractivity contribution in [2.75, 3.05) is 21.3 Å². The molecule has 2 rings (SSSR count). The lowest BCUT2D eigenvalue weighted by molar-refractivity contribution is -0.104. The zero-order valence-electron chi connectivity index (χ0n) is 14.4. The van der Waals surface area contributed by atoms with E-state index in [0.717, 1.165) is 25.3 Å². The van der Waals surface area contributed by atoms with Crippen LogP contribution in [-0.2, 0) is 15.8 Å². The minimum Gasteiger partial charge on any atom is -0.480 e. The Balaban J connectivity index is 2.64. The molecule has 0 aliphatic heterocycles. The first-order valence-electron chi connectivity index (χ1n) is 7.26. The SMILES string of the molecule is COc1cc(S(=O)(=O)N(C)C(F)(c2ccc(Cl)cc2)C(F)F)c(OC)nn1. The second kappa shape index (κ2) is 7.87. The van der Waals surface area contributed by atoms with Gasteiger partial charge in [-0.1, -0.05) is 23.7 Å². The summed E-state index contributed by atoms with van der Waals surface area (Å²) in [4.78, 5) is -0.684. The Bertz CT molecular complexity index is 915. The van der Waals surface area contributed by atoms with Crippen molar-refractivity contribution in [1.29, 1.82) is 0 Å². The van der Waals surface area contributed by atoms with Gasteiger partial charge in [0.25, 0.3) is 28.1 Å². The first-order valence-corrected chi connectivity index (χ1v) is 9.08. The fourth-order valence-corrected chi connectivity index (χ4v) is 3.77. The standard InChI is InChI=1S/C15H15ClF3N3O4S/c1-22(15(19,14(17)18)9-4-6-10(16)7-5-9)27(23,24)11-8-12(25-2)20-21-13(11)26-3/h4-8,14H,1-3H3. The molecular weight excluding hydrogens is 411 g/mol. The van der Waals surface area contributed by atoms with Gasteiger partial charge >= 0.3 is 0 Å². The van der Waals surface area contributed by atoms with E-state index in [-0.39, 0.29) is 15.2 Å². The molecule has 27 heavy (non-hydrogen) atoms. The Morgan fingerprint density at radius 3 is 2.22 bits per heavy atom. The molecule has 0 bridgehead atoms. The summed E-state index contributed by atoms with van der Waals surface area (Å²) in [5.74, 6) is -4.41. The van der Waals surface area contributed by atoms with E-state index < -0.39 is 38.6 Å². The summed E-state index contributed by atoms with van der Waals surface area (Å²) in [6, 6.07) is 5.19. The van der Waals surface area contributed by atoms with E-state index in [2.05, 4.69) is 10.2 Å². The van der Waals surface area contributed by atoms with Gasteiger partial charge in [0.2, 0.25) is 5.88 Å². The summed E-state index contributed by atoms with van der Waals surface area (Å²) >= 11 is 5.69. The van der Waals surface area contributed by atoms with E-state index >= 15 is 4.39 Å². The minimum absolute atomic E-state index is 0.0904. The number of nitrogens with zero attached hydrogens (tertiary/aromatic N) is 3. The molecule has 1 atom stereocenters. The second-order valence-electron chi connectivity index (χ2n) is 5.21. The Morgan fingerprint density at radius 2 is 1.74 bits per heavy atom. The largest absolute Gasteiger partial charge is 0.480 e. The van der Waals surface area contributed by atoms with Crippen molar-refractivity contribution in [3.05, 3.63) is 40.9 Å². The molecule has 2 aromatic rings. The maximum atomic E-state index is 15.4. The molecule has 1 heterocycles. The monoisotopic (exact) mass is 425 g/mol. The molecule has 0 saturated carbocycles. The fraction of sp³-hybridized carbons (Fsp3) is 0.333. The predicted molar refractivity (Wildman–Crippen MR) is 90.3 cm³/mol. The van der Waals surface area contributed by atoms with Gasteiger partial charge in [-0.05, 0) is 12.1 Å². The number of ether oxygens (including phenoxy) is 2. The fourth-order valence-electron chi connectivity index (χ4n) is 2.22. The highest BCUT2D eigenvalue weighted by atomic mass is 35.5. The third kappa shape index (κ3) is 3.80. The van der Waals surface area contributed by atoms with Gasteiger partial charge in [0.1, 0.15) is 0 Å². The Hall–Kier alpha value is -2.11. The number of rotatable bonds is 7. The molecule has 0 spiro atoms. The third-order valence-corrected chi connectivity index (χ3v) is 5.83. The molecule has 12 heteroatoms. The number of sulfonamides is 1. The summed E-state index contributed by atoms with van der Waals surface area (Å²) in [5.41, 5.74) is -0.596. The average molecular weight is 426 g/mol. The van der Waals surface area contributed by atoms with E-state index in [1.165, 1.54) is 19.2 Å². The van der Waals surface area contributed by atoms with Crippen LogP contribution in [0.5, 0.6) is 11.8 Å². The Morgan fingerprint density at radius 1 is 1.15 bits per heavy atom. The first-order chi connectivity index (χ1) is 12.6. The number of aromatic nitrogens is 2. The summed E-state index contributed by atoms with van der Waals surface area (Å²) in [5, 5.41) is 7.20. The summed E-state index contributed by atoms with van der Waals surface area (Å²) in [7, 11) is -1.86. The van der Waals surface area contributed by atoms with Crippen LogP contribution in [0.1, 0.15) is 5.56 Å². The normalized spacial score (nSPS) is 14.3. The van der Waals surface area contributed by atoms with Crippen LogP contribution in [-0.4, -0.2) is 50.6 Å². The van der Waals surface area contributed by atoms with E-state index in [1.807, 2.05) is 0 Å². The van der Waals surface area contributed by atoms with Crippen LogP contribution in [0.15, 0.2) is 35.2 Å². The quantitative estimate of drug-likeness (QED) is 0.634. The number of alkyl halides is 3. The molecule has 1 aromatic carbocycles. The molecule has 0 radical (unpaired) electrons. The van der Waals surface area contributed by atoms with Gasteiger partial charge in [-0.3, -0.25) is 0 Å². The molecule has 0 saturated heterocycles. The Kier molecular flexibility index (Phi) is 6.17. The zero-order chi connectivity index (χ0) is 20.4. The molecule has 148 valence electrons. The van der Waals surface area contributed by atoms with Gasteiger partial charge in [-0.15, -0.1) is 10.2 Å². The molecule has 0 amide bonds. The highest BCUT2D eigenvalue weighted by Gasteiger charge is 2.52. The third-order valence-electron chi connectivity index (χ3n) is 3.74. The number of methoxy groups -OCH3 is 2. The second-order valence-corrected chi connectivity index (χ2v) is 7.59. The number of hydrogen-bond acceptors (Lipinski definition) is 6. The molecule has 0 fully saturated rings. The van der Waals surface area contributed by atoms with Crippen LogP contribution in [0.3, 0.4) is 0 Å². The molecule has 0 aliphatic carbocycles. The van der Waals surface area contributed by atoms with Crippen LogP contribution in [0.2, 0.25) is 5.02 Å². The molecule has 1 unspecified atom stereocenters. The van der Waals surface area contributed by atoms with E-state index in [1.54, 1.807) is 0 Å². The molecule has 1 aromatic heterocycles. The van der Waals surface area contributed by atoms with Crippen molar-refractivity contribution in [3.63, 3.8) is 0 Å². The van der Waals surface area contributed by atoms with Crippen LogP contribution in [0.25, 0.3) is 0 Å². The van der Waals surface area contributed by atoms with Crippen molar-refractivity contribution in [2.45, 2.75) is 17.1 Å². The van der Waals surface area contributed by atoms with E-state index in [4.69, 9.17) is 21.1 Å². The number of halogens is 4. The van der Waals surface area contributed by atoms with Gasteiger partial charge in [-0.25, -0.2) is 21.6 Å². The summed E-state index contributed by atoms with van der Waals surface area (Å²) in [6.45, 7) is 0. The minimum atomic E-state index is -4.84. The topological polar surface area (TPSA) is 81.6 Å². The highest BCUT2D eigenvalue weighted by Crippen LogP contribution is 2.40. The molecule has 7 nitrogen and oxygen atoms in total. The molecular formula is C15H15ClF3N3O4S. The van der Waals surface area contributed by atoms with Gasteiger partial charge in [-0.2, -0.15) is 4.31 Å². The summed E-state index contributed by atoms with van der Waals surface area (Å²) < 4.78 is 78.1. The lowest BCUT2D eigenvalue weighted by Gasteiger charge is -2.33. The van der Waals surface area contributed by atoms with Crippen molar-refractivity contribution in [3.8, 4) is 11.8 Å².